The standard InChI is InChI=1S/C23H25N9O4/c1-3-10-26-17(33)9-8-16(22(35)36)29-21(34)13-4-6-15(7-5-13)32(2)12-14-11-27-20-18(28-14)19(24)30-23(25)31-20/h1,4-7,11,16H,8-10,12H2,2H3,(H,26,33)(H,29,34)(H,35,36)(H4,24,25,27,30,31). The van der Waals surface area contributed by atoms with Crippen LogP contribution < -0.4 is 27.0 Å². The average Bonchev–Trinajstić information content (AvgIpc) is 2.85. The van der Waals surface area contributed by atoms with E-state index in [1.165, 1.54) is 0 Å². The fraction of sp³-hybridized carbons (Fsp3) is 0.261. The quantitative estimate of drug-likeness (QED) is 0.238. The third-order valence-corrected chi connectivity index (χ3v) is 5.12. The Kier molecular flexibility index (Phi) is 8.14. The Hall–Kier alpha value is -4.99. The third kappa shape index (κ3) is 6.54. The molecule has 0 saturated carbocycles. The zero-order chi connectivity index (χ0) is 26.2. The van der Waals surface area contributed by atoms with Crippen LogP contribution in [-0.2, 0) is 16.1 Å². The van der Waals surface area contributed by atoms with Gasteiger partial charge in [0.05, 0.1) is 25.0 Å². The average molecular weight is 492 g/mol. The summed E-state index contributed by atoms with van der Waals surface area (Å²) >= 11 is 0. The molecule has 0 radical (unpaired) electrons. The number of nitrogens with zero attached hydrogens (tertiary/aromatic N) is 5. The lowest BCUT2D eigenvalue weighted by atomic mass is 10.1. The molecule has 36 heavy (non-hydrogen) atoms. The number of carboxylic acid groups (broad SMARTS) is 1. The lowest BCUT2D eigenvalue weighted by Gasteiger charge is -2.19. The summed E-state index contributed by atoms with van der Waals surface area (Å²) in [5, 5.41) is 14.3. The summed E-state index contributed by atoms with van der Waals surface area (Å²) in [7, 11) is 1.83. The molecule has 0 spiro atoms. The van der Waals surface area contributed by atoms with E-state index < -0.39 is 23.8 Å². The molecule has 13 nitrogen and oxygen atoms in total. The van der Waals surface area contributed by atoms with Crippen molar-refractivity contribution in [3.8, 4) is 12.3 Å². The van der Waals surface area contributed by atoms with Crippen LogP contribution >= 0.6 is 0 Å². The first-order valence-corrected chi connectivity index (χ1v) is 10.8. The Morgan fingerprint density at radius 3 is 2.56 bits per heavy atom. The third-order valence-electron chi connectivity index (χ3n) is 5.12. The summed E-state index contributed by atoms with van der Waals surface area (Å²) in [5.74, 6) is 0.205. The normalized spacial score (nSPS) is 11.3. The van der Waals surface area contributed by atoms with Crippen LogP contribution in [0.3, 0.4) is 0 Å². The van der Waals surface area contributed by atoms with Gasteiger partial charge in [-0.15, -0.1) is 6.42 Å². The molecule has 13 heteroatoms. The number of rotatable bonds is 10. The summed E-state index contributed by atoms with van der Waals surface area (Å²) in [6.07, 6.45) is 6.46. The highest BCUT2D eigenvalue weighted by atomic mass is 16.4. The Morgan fingerprint density at radius 2 is 1.89 bits per heavy atom. The molecular formula is C23H25N9O4. The maximum absolute atomic E-state index is 12.6. The van der Waals surface area contributed by atoms with Crippen LogP contribution in [0.25, 0.3) is 11.2 Å². The first-order chi connectivity index (χ1) is 17.2. The predicted molar refractivity (Wildman–Crippen MR) is 132 cm³/mol. The summed E-state index contributed by atoms with van der Waals surface area (Å²) < 4.78 is 0. The van der Waals surface area contributed by atoms with Crippen molar-refractivity contribution in [2.24, 2.45) is 0 Å². The van der Waals surface area contributed by atoms with E-state index in [-0.39, 0.29) is 36.7 Å². The number of aliphatic carboxylic acids is 1. The minimum Gasteiger partial charge on any atom is -0.480 e. The second kappa shape index (κ2) is 11.4. The smallest absolute Gasteiger partial charge is 0.326 e. The molecule has 0 aliphatic carbocycles. The number of amides is 2. The van der Waals surface area contributed by atoms with Crippen LogP contribution in [0.1, 0.15) is 28.9 Å². The van der Waals surface area contributed by atoms with E-state index in [9.17, 15) is 19.5 Å². The summed E-state index contributed by atoms with van der Waals surface area (Å²) in [6, 6.07) is 5.34. The number of carbonyl (C=O) groups excluding carboxylic acids is 2. The summed E-state index contributed by atoms with van der Waals surface area (Å²) in [4.78, 5) is 54.2. The molecule has 3 rings (SSSR count). The van der Waals surface area contributed by atoms with Crippen LogP contribution in [0, 0.1) is 12.3 Å². The number of hydrogen-bond acceptors (Lipinski definition) is 10. The van der Waals surface area contributed by atoms with E-state index >= 15 is 0 Å². The molecule has 1 atom stereocenters. The highest BCUT2D eigenvalue weighted by molar-refractivity contribution is 5.97. The number of aromatic nitrogens is 4. The molecule has 2 heterocycles. The minimum absolute atomic E-state index is 0.0172. The van der Waals surface area contributed by atoms with E-state index in [1.807, 2.05) is 11.9 Å². The van der Waals surface area contributed by atoms with Gasteiger partial charge in [-0.2, -0.15) is 9.97 Å². The molecule has 186 valence electrons. The maximum atomic E-state index is 12.6. The fourth-order valence-electron chi connectivity index (χ4n) is 3.27. The Morgan fingerprint density at radius 1 is 1.17 bits per heavy atom. The number of fused-ring (bicyclic) bond motifs is 1. The van der Waals surface area contributed by atoms with Gasteiger partial charge < -0.3 is 32.1 Å². The molecule has 3 aromatic rings. The molecule has 0 aliphatic heterocycles. The van der Waals surface area contributed by atoms with Crippen LogP contribution in [0.2, 0.25) is 0 Å². The first kappa shape index (κ1) is 25.6. The number of nitrogens with two attached hydrogens (primary N) is 2. The van der Waals surface area contributed by atoms with Crippen molar-refractivity contribution in [3.63, 3.8) is 0 Å². The molecule has 0 saturated heterocycles. The van der Waals surface area contributed by atoms with Gasteiger partial charge in [0, 0.05) is 24.7 Å². The second-order valence-electron chi connectivity index (χ2n) is 7.79. The predicted octanol–water partition coefficient (Wildman–Crippen LogP) is -0.0668. The zero-order valence-electron chi connectivity index (χ0n) is 19.4. The van der Waals surface area contributed by atoms with E-state index in [0.29, 0.717) is 23.4 Å². The van der Waals surface area contributed by atoms with Gasteiger partial charge in [-0.05, 0) is 30.7 Å². The van der Waals surface area contributed by atoms with Crippen LogP contribution in [0.4, 0.5) is 17.5 Å². The molecule has 0 bridgehead atoms. The number of carbonyl (C=O) groups is 3. The Balaban J connectivity index is 1.62. The van der Waals surface area contributed by atoms with Crippen LogP contribution in [-0.4, -0.2) is 62.5 Å². The number of terminal acetylenes is 1. The SMILES string of the molecule is C#CCNC(=O)CCC(NC(=O)c1ccc(N(C)Cc2cnc3nc(N)nc(N)c3n2)cc1)C(=O)O. The Labute approximate surface area is 206 Å². The van der Waals surface area contributed by atoms with E-state index in [4.69, 9.17) is 17.9 Å². The van der Waals surface area contributed by atoms with Crippen molar-refractivity contribution in [1.29, 1.82) is 0 Å². The number of carboxylic acids is 1. The number of benzene rings is 1. The fourth-order valence-corrected chi connectivity index (χ4v) is 3.27. The van der Waals surface area contributed by atoms with Crippen molar-refractivity contribution >= 4 is 46.4 Å². The molecule has 0 aliphatic rings. The molecular weight excluding hydrogens is 466 g/mol. The van der Waals surface area contributed by atoms with Crippen molar-refractivity contribution in [1.82, 2.24) is 30.6 Å². The number of nitrogen functional groups attached to an aromatic ring is 2. The van der Waals surface area contributed by atoms with Crippen molar-refractivity contribution in [2.45, 2.75) is 25.4 Å². The monoisotopic (exact) mass is 491 g/mol. The van der Waals surface area contributed by atoms with Gasteiger partial charge in [0.15, 0.2) is 17.0 Å². The largest absolute Gasteiger partial charge is 0.480 e. The molecule has 0 fully saturated rings. The van der Waals surface area contributed by atoms with Crippen LogP contribution in [0.15, 0.2) is 30.5 Å². The summed E-state index contributed by atoms with van der Waals surface area (Å²) in [6.45, 7) is 0.426. The van der Waals surface area contributed by atoms with Gasteiger partial charge in [0.2, 0.25) is 11.9 Å². The van der Waals surface area contributed by atoms with Crippen molar-refractivity contribution in [3.05, 3.63) is 41.7 Å². The van der Waals surface area contributed by atoms with E-state index in [1.54, 1.807) is 30.5 Å². The Bertz CT molecular complexity index is 1320. The summed E-state index contributed by atoms with van der Waals surface area (Å²) in [5.41, 5.74) is 13.8. The first-order valence-electron chi connectivity index (χ1n) is 10.8. The van der Waals surface area contributed by atoms with Gasteiger partial charge in [-0.25, -0.2) is 14.8 Å². The van der Waals surface area contributed by atoms with Gasteiger partial charge >= 0.3 is 5.97 Å². The van der Waals surface area contributed by atoms with Crippen LogP contribution in [0.5, 0.6) is 0 Å². The highest BCUT2D eigenvalue weighted by Crippen LogP contribution is 2.19. The van der Waals surface area contributed by atoms with E-state index in [2.05, 4.69) is 36.5 Å². The topological polar surface area (TPSA) is 202 Å². The number of hydrogen-bond donors (Lipinski definition) is 5. The lowest BCUT2D eigenvalue weighted by molar-refractivity contribution is -0.139. The number of anilines is 3. The van der Waals surface area contributed by atoms with Crippen molar-refractivity contribution in [2.75, 3.05) is 30.0 Å². The lowest BCUT2D eigenvalue weighted by Crippen LogP contribution is -2.41. The zero-order valence-corrected chi connectivity index (χ0v) is 19.4. The molecule has 1 unspecified atom stereocenters. The molecule has 2 aromatic heterocycles. The highest BCUT2D eigenvalue weighted by Gasteiger charge is 2.22. The second-order valence-corrected chi connectivity index (χ2v) is 7.79. The van der Waals surface area contributed by atoms with Gasteiger partial charge in [-0.3, -0.25) is 9.59 Å². The number of nitrogens with one attached hydrogen (secondary N) is 2. The van der Waals surface area contributed by atoms with Crippen molar-refractivity contribution < 1.29 is 19.5 Å². The molecule has 2 amide bonds. The maximum Gasteiger partial charge on any atom is 0.326 e. The van der Waals surface area contributed by atoms with Gasteiger partial charge in [0.25, 0.3) is 5.91 Å². The molecule has 1 aromatic carbocycles. The van der Waals surface area contributed by atoms with Gasteiger partial charge in [0.1, 0.15) is 6.04 Å². The van der Waals surface area contributed by atoms with E-state index in [0.717, 1.165) is 5.69 Å². The minimum atomic E-state index is -1.24. The van der Waals surface area contributed by atoms with Gasteiger partial charge in [-0.1, -0.05) is 5.92 Å². The molecule has 7 N–H and O–H groups in total.